The summed E-state index contributed by atoms with van der Waals surface area (Å²) >= 11 is 0. The number of halogens is 1. The Morgan fingerprint density at radius 3 is 2.20 bits per heavy atom. The van der Waals surface area contributed by atoms with Gasteiger partial charge in [0.25, 0.3) is 0 Å². The second kappa shape index (κ2) is 8.87. The molecule has 2 amide bonds. The number of carboxylic acids is 1. The van der Waals surface area contributed by atoms with Crippen molar-refractivity contribution in [3.63, 3.8) is 0 Å². The van der Waals surface area contributed by atoms with Crippen LogP contribution in [0.25, 0.3) is 11.1 Å². The average Bonchev–Trinajstić information content (AvgIpc) is 3.58. The van der Waals surface area contributed by atoms with E-state index in [4.69, 9.17) is 9.84 Å². The van der Waals surface area contributed by atoms with Crippen molar-refractivity contribution in [3.8, 4) is 11.1 Å². The molecule has 0 saturated heterocycles. The number of rotatable bonds is 7. The molecule has 0 spiro atoms. The Hall–Kier alpha value is -4.20. The van der Waals surface area contributed by atoms with Gasteiger partial charge in [-0.2, -0.15) is 0 Å². The van der Waals surface area contributed by atoms with Crippen molar-refractivity contribution >= 4 is 23.7 Å². The molecule has 0 atom stereocenters. The SMILES string of the molecule is O=C(NCC1(C(=O)Nc2cc(F)cc(C(=O)O)c2)CC1)OCC1c2ccccc2-c2ccccc21. The standard InChI is InChI=1S/C27H23FN2O5/c28-17-11-16(24(31)32)12-18(13-17)30-25(33)27(9-10-27)15-29-26(34)35-14-23-21-7-3-1-5-19(21)20-6-2-4-8-22(20)23/h1-8,11-13,23H,9-10,14-15H2,(H,29,34)(H,30,33)(H,31,32). The third-order valence-corrected chi connectivity index (χ3v) is 6.65. The largest absolute Gasteiger partial charge is 0.478 e. The Morgan fingerprint density at radius 1 is 0.971 bits per heavy atom. The van der Waals surface area contributed by atoms with Crippen LogP contribution in [0.4, 0.5) is 14.9 Å². The van der Waals surface area contributed by atoms with Gasteiger partial charge in [-0.25, -0.2) is 14.0 Å². The topological polar surface area (TPSA) is 105 Å². The number of hydrogen-bond donors (Lipinski definition) is 3. The third-order valence-electron chi connectivity index (χ3n) is 6.65. The molecule has 8 heteroatoms. The van der Waals surface area contributed by atoms with Crippen LogP contribution in [-0.2, 0) is 9.53 Å². The van der Waals surface area contributed by atoms with E-state index in [9.17, 15) is 18.8 Å². The number of benzene rings is 3. The molecule has 178 valence electrons. The molecule has 1 fully saturated rings. The molecule has 3 N–H and O–H groups in total. The summed E-state index contributed by atoms with van der Waals surface area (Å²) in [5.74, 6) is -2.53. The second-order valence-electron chi connectivity index (χ2n) is 8.95. The highest BCUT2D eigenvalue weighted by Gasteiger charge is 2.50. The number of alkyl carbamates (subject to hydrolysis) is 1. The van der Waals surface area contributed by atoms with E-state index in [1.807, 2.05) is 36.4 Å². The van der Waals surface area contributed by atoms with Gasteiger partial charge in [-0.15, -0.1) is 0 Å². The number of carbonyl (C=O) groups is 3. The maximum atomic E-state index is 13.7. The summed E-state index contributed by atoms with van der Waals surface area (Å²) in [6, 6.07) is 19.2. The molecule has 2 aliphatic carbocycles. The lowest BCUT2D eigenvalue weighted by Crippen LogP contribution is -2.37. The lowest BCUT2D eigenvalue weighted by atomic mass is 9.98. The Bertz CT molecular complexity index is 1290. The zero-order valence-electron chi connectivity index (χ0n) is 18.7. The number of ether oxygens (including phenoxy) is 1. The van der Waals surface area contributed by atoms with Crippen LogP contribution in [0, 0.1) is 11.2 Å². The minimum absolute atomic E-state index is 0.0554. The van der Waals surface area contributed by atoms with Crippen LogP contribution in [-0.4, -0.2) is 36.2 Å². The molecular formula is C27H23FN2O5. The first kappa shape index (κ1) is 22.6. The zero-order valence-corrected chi connectivity index (χ0v) is 18.7. The highest BCUT2D eigenvalue weighted by Crippen LogP contribution is 2.46. The van der Waals surface area contributed by atoms with Crippen LogP contribution in [0.1, 0.15) is 40.2 Å². The number of hydrogen-bond acceptors (Lipinski definition) is 4. The van der Waals surface area contributed by atoms with Gasteiger partial charge in [0, 0.05) is 18.2 Å². The number of carbonyl (C=O) groups excluding carboxylic acids is 2. The first-order chi connectivity index (χ1) is 16.9. The van der Waals surface area contributed by atoms with Crippen LogP contribution in [0.15, 0.2) is 66.7 Å². The normalized spacial score (nSPS) is 15.0. The van der Waals surface area contributed by atoms with Gasteiger partial charge in [-0.1, -0.05) is 48.5 Å². The number of carboxylic acid groups (broad SMARTS) is 1. The molecular weight excluding hydrogens is 451 g/mol. The molecule has 35 heavy (non-hydrogen) atoms. The Kier molecular flexibility index (Phi) is 5.72. The minimum atomic E-state index is -1.29. The van der Waals surface area contributed by atoms with Crippen LogP contribution in [0.2, 0.25) is 0 Å². The zero-order chi connectivity index (χ0) is 24.6. The van der Waals surface area contributed by atoms with Crippen molar-refractivity contribution in [2.75, 3.05) is 18.5 Å². The molecule has 2 aliphatic rings. The van der Waals surface area contributed by atoms with Gasteiger partial charge in [0.1, 0.15) is 12.4 Å². The Balaban J connectivity index is 1.18. The van der Waals surface area contributed by atoms with Gasteiger partial charge in [0.05, 0.1) is 11.0 Å². The molecule has 1 saturated carbocycles. The number of anilines is 1. The summed E-state index contributed by atoms with van der Waals surface area (Å²) in [4.78, 5) is 36.4. The van der Waals surface area contributed by atoms with Crippen LogP contribution in [0.5, 0.6) is 0 Å². The summed E-state index contributed by atoms with van der Waals surface area (Å²) in [5.41, 5.74) is 3.44. The predicted octanol–water partition coefficient (Wildman–Crippen LogP) is 4.78. The number of nitrogens with one attached hydrogen (secondary N) is 2. The van der Waals surface area contributed by atoms with E-state index in [2.05, 4.69) is 22.8 Å². The summed E-state index contributed by atoms with van der Waals surface area (Å²) in [6.07, 6.45) is 0.470. The lowest BCUT2D eigenvalue weighted by Gasteiger charge is -2.18. The molecule has 0 aliphatic heterocycles. The molecule has 0 heterocycles. The smallest absolute Gasteiger partial charge is 0.407 e. The van der Waals surface area contributed by atoms with Crippen molar-refractivity contribution < 1.29 is 28.6 Å². The average molecular weight is 474 g/mol. The van der Waals surface area contributed by atoms with E-state index in [1.54, 1.807) is 0 Å². The molecule has 0 radical (unpaired) electrons. The minimum Gasteiger partial charge on any atom is -0.478 e. The van der Waals surface area contributed by atoms with Crippen LogP contribution in [0.3, 0.4) is 0 Å². The highest BCUT2D eigenvalue weighted by molar-refractivity contribution is 5.99. The van der Waals surface area contributed by atoms with Crippen LogP contribution < -0.4 is 10.6 Å². The second-order valence-corrected chi connectivity index (χ2v) is 8.95. The fourth-order valence-electron chi connectivity index (χ4n) is 4.57. The van der Waals surface area contributed by atoms with Crippen molar-refractivity contribution in [2.45, 2.75) is 18.8 Å². The highest BCUT2D eigenvalue weighted by atomic mass is 19.1. The monoisotopic (exact) mass is 474 g/mol. The summed E-state index contributed by atoms with van der Waals surface area (Å²) in [5, 5.41) is 14.3. The summed E-state index contributed by atoms with van der Waals surface area (Å²) < 4.78 is 19.2. The predicted molar refractivity (Wildman–Crippen MR) is 127 cm³/mol. The van der Waals surface area contributed by atoms with Gasteiger partial charge in [0.15, 0.2) is 0 Å². The van der Waals surface area contributed by atoms with Crippen molar-refractivity contribution in [2.24, 2.45) is 5.41 Å². The third kappa shape index (κ3) is 4.47. The molecule has 5 rings (SSSR count). The molecule has 0 aromatic heterocycles. The number of fused-ring (bicyclic) bond motifs is 3. The summed E-state index contributed by atoms with van der Waals surface area (Å²) in [6.45, 7) is 0.233. The van der Waals surface area contributed by atoms with E-state index in [0.29, 0.717) is 12.8 Å². The van der Waals surface area contributed by atoms with E-state index in [0.717, 1.165) is 34.4 Å². The number of amides is 2. The fourth-order valence-corrected chi connectivity index (χ4v) is 4.57. The van der Waals surface area contributed by atoms with Gasteiger partial charge in [-0.05, 0) is 53.3 Å². The van der Waals surface area contributed by atoms with Gasteiger partial charge in [-0.3, -0.25) is 4.79 Å². The quantitative estimate of drug-likeness (QED) is 0.457. The molecule has 0 unspecified atom stereocenters. The maximum Gasteiger partial charge on any atom is 0.407 e. The van der Waals surface area contributed by atoms with Gasteiger partial charge >= 0.3 is 12.1 Å². The Labute approximate surface area is 200 Å². The molecule has 3 aromatic rings. The Morgan fingerprint density at radius 2 is 1.60 bits per heavy atom. The lowest BCUT2D eigenvalue weighted by molar-refractivity contribution is -0.120. The van der Waals surface area contributed by atoms with Crippen molar-refractivity contribution in [3.05, 3.63) is 89.2 Å². The first-order valence-corrected chi connectivity index (χ1v) is 11.3. The maximum absolute atomic E-state index is 13.7. The summed E-state index contributed by atoms with van der Waals surface area (Å²) in [7, 11) is 0. The van der Waals surface area contributed by atoms with E-state index in [1.165, 1.54) is 6.07 Å². The van der Waals surface area contributed by atoms with Crippen molar-refractivity contribution in [1.29, 1.82) is 0 Å². The van der Waals surface area contributed by atoms with Crippen molar-refractivity contribution in [1.82, 2.24) is 5.32 Å². The van der Waals surface area contributed by atoms with E-state index < -0.39 is 29.2 Å². The molecule has 7 nitrogen and oxygen atoms in total. The molecule has 0 bridgehead atoms. The van der Waals surface area contributed by atoms with Gasteiger partial charge < -0.3 is 20.5 Å². The fraction of sp³-hybridized carbons (Fsp3) is 0.222. The van der Waals surface area contributed by atoms with Gasteiger partial charge in [0.2, 0.25) is 5.91 Å². The molecule has 3 aromatic carbocycles. The first-order valence-electron chi connectivity index (χ1n) is 11.3. The number of aromatic carboxylic acids is 1. The van der Waals surface area contributed by atoms with E-state index >= 15 is 0 Å². The van der Waals surface area contributed by atoms with E-state index in [-0.39, 0.29) is 30.3 Å². The van der Waals surface area contributed by atoms with Crippen LogP contribution >= 0.6 is 0 Å².